The molecule has 1 aromatic heterocycles. The Morgan fingerprint density at radius 3 is 2.50 bits per heavy atom. The third-order valence-electron chi connectivity index (χ3n) is 2.90. The zero-order valence-corrected chi connectivity index (χ0v) is 13.8. The minimum atomic E-state index is -0.319. The maximum Gasteiger partial charge on any atom is 0.275 e. The summed E-state index contributed by atoms with van der Waals surface area (Å²) in [5.74, 6) is 0.308. The third kappa shape index (κ3) is 4.18. The van der Waals surface area contributed by atoms with Gasteiger partial charge < -0.3 is 10.6 Å². The van der Waals surface area contributed by atoms with E-state index in [-0.39, 0.29) is 17.1 Å². The lowest BCUT2D eigenvalue weighted by Crippen LogP contribution is -2.27. The largest absolute Gasteiger partial charge is 0.364 e. The number of carbonyl (C=O) groups excluding carboxylic acids is 1. The van der Waals surface area contributed by atoms with Gasteiger partial charge in [0.1, 0.15) is 11.5 Å². The number of amides is 1. The van der Waals surface area contributed by atoms with Crippen molar-refractivity contribution in [3.8, 4) is 0 Å². The number of halogens is 1. The Labute approximate surface area is 135 Å². The molecule has 116 valence electrons. The van der Waals surface area contributed by atoms with Crippen LogP contribution in [0.25, 0.3) is 0 Å². The lowest BCUT2D eigenvalue weighted by Gasteiger charge is -2.20. The molecule has 5 nitrogen and oxygen atoms in total. The molecule has 0 unspecified atom stereocenters. The van der Waals surface area contributed by atoms with Gasteiger partial charge in [0.05, 0.1) is 12.4 Å². The summed E-state index contributed by atoms with van der Waals surface area (Å²) in [6, 6.07) is 5.36. The van der Waals surface area contributed by atoms with Gasteiger partial charge in [-0.2, -0.15) is 0 Å². The van der Waals surface area contributed by atoms with Crippen LogP contribution in [0, 0.1) is 6.92 Å². The van der Waals surface area contributed by atoms with Gasteiger partial charge in [-0.25, -0.2) is 9.97 Å². The van der Waals surface area contributed by atoms with Crippen LogP contribution >= 0.6 is 11.6 Å². The maximum atomic E-state index is 12.2. The van der Waals surface area contributed by atoms with Gasteiger partial charge in [-0.1, -0.05) is 17.7 Å². The van der Waals surface area contributed by atoms with Gasteiger partial charge in [0.2, 0.25) is 0 Å². The lowest BCUT2D eigenvalue weighted by molar-refractivity contribution is 0.102. The van der Waals surface area contributed by atoms with E-state index in [1.165, 1.54) is 6.20 Å². The van der Waals surface area contributed by atoms with E-state index < -0.39 is 0 Å². The number of nitrogens with one attached hydrogen (secondary N) is 2. The molecule has 0 aliphatic rings. The molecule has 0 fully saturated rings. The molecule has 1 heterocycles. The second-order valence-electron chi connectivity index (χ2n) is 6.03. The molecule has 0 aliphatic carbocycles. The Balaban J connectivity index is 2.12. The summed E-state index contributed by atoms with van der Waals surface area (Å²) >= 11 is 6.04. The standard InChI is InChI=1S/C16H19ClN4O/c1-10-11(17)6-5-7-12(10)20-15(22)13-8-19-14(9-18-13)21-16(2,3)4/h5-9H,1-4H3,(H,19,21)(H,20,22). The molecule has 6 heteroatoms. The van der Waals surface area contributed by atoms with Gasteiger partial charge in [-0.05, 0) is 45.4 Å². The van der Waals surface area contributed by atoms with Crippen LogP contribution in [0.3, 0.4) is 0 Å². The SMILES string of the molecule is Cc1c(Cl)cccc1NC(=O)c1cnc(NC(C)(C)C)cn1. The van der Waals surface area contributed by atoms with Crippen molar-refractivity contribution in [2.75, 3.05) is 10.6 Å². The molecule has 22 heavy (non-hydrogen) atoms. The Bertz CT molecular complexity index is 678. The summed E-state index contributed by atoms with van der Waals surface area (Å²) in [6.45, 7) is 7.92. The molecule has 0 spiro atoms. The highest BCUT2D eigenvalue weighted by Gasteiger charge is 2.13. The fourth-order valence-electron chi connectivity index (χ4n) is 1.82. The summed E-state index contributed by atoms with van der Waals surface area (Å²) in [5, 5.41) is 6.58. The molecule has 2 N–H and O–H groups in total. The fourth-order valence-corrected chi connectivity index (χ4v) is 2.00. The van der Waals surface area contributed by atoms with E-state index in [1.807, 2.05) is 27.7 Å². The van der Waals surface area contributed by atoms with Gasteiger partial charge in [-0.15, -0.1) is 0 Å². The minimum Gasteiger partial charge on any atom is -0.364 e. The van der Waals surface area contributed by atoms with E-state index in [1.54, 1.807) is 24.4 Å². The highest BCUT2D eigenvalue weighted by atomic mass is 35.5. The Hall–Kier alpha value is -2.14. The average Bonchev–Trinajstić information content (AvgIpc) is 2.43. The highest BCUT2D eigenvalue weighted by Crippen LogP contribution is 2.23. The average molecular weight is 319 g/mol. The van der Waals surface area contributed by atoms with Crippen LogP contribution in [0.4, 0.5) is 11.5 Å². The summed E-state index contributed by atoms with van der Waals surface area (Å²) in [4.78, 5) is 20.5. The molecule has 1 aromatic carbocycles. The van der Waals surface area contributed by atoms with Crippen molar-refractivity contribution < 1.29 is 4.79 Å². The zero-order chi connectivity index (χ0) is 16.3. The van der Waals surface area contributed by atoms with Crippen LogP contribution < -0.4 is 10.6 Å². The molecule has 0 bridgehead atoms. The Morgan fingerprint density at radius 2 is 1.91 bits per heavy atom. The van der Waals surface area contributed by atoms with Crippen LogP contribution in [0.5, 0.6) is 0 Å². The van der Waals surface area contributed by atoms with Crippen molar-refractivity contribution in [1.82, 2.24) is 9.97 Å². The van der Waals surface area contributed by atoms with Crippen molar-refractivity contribution in [1.29, 1.82) is 0 Å². The minimum absolute atomic E-state index is 0.115. The van der Waals surface area contributed by atoms with Gasteiger partial charge >= 0.3 is 0 Å². The predicted molar refractivity (Wildman–Crippen MR) is 89.5 cm³/mol. The molecule has 0 aliphatic heterocycles. The lowest BCUT2D eigenvalue weighted by atomic mass is 10.1. The van der Waals surface area contributed by atoms with E-state index in [0.29, 0.717) is 16.5 Å². The van der Waals surface area contributed by atoms with Crippen molar-refractivity contribution in [2.24, 2.45) is 0 Å². The molecule has 2 aromatic rings. The fraction of sp³-hybridized carbons (Fsp3) is 0.312. The number of rotatable bonds is 3. The highest BCUT2D eigenvalue weighted by molar-refractivity contribution is 6.31. The predicted octanol–water partition coefficient (Wildman–Crippen LogP) is 3.90. The van der Waals surface area contributed by atoms with Gasteiger partial charge in [0.15, 0.2) is 0 Å². The van der Waals surface area contributed by atoms with Crippen molar-refractivity contribution in [3.63, 3.8) is 0 Å². The monoisotopic (exact) mass is 318 g/mol. The number of nitrogens with zero attached hydrogens (tertiary/aromatic N) is 2. The van der Waals surface area contributed by atoms with E-state index >= 15 is 0 Å². The first-order valence-corrected chi connectivity index (χ1v) is 7.31. The first kappa shape index (κ1) is 16.2. The summed E-state index contributed by atoms with van der Waals surface area (Å²) in [5.41, 5.74) is 1.61. The first-order valence-electron chi connectivity index (χ1n) is 6.93. The molecule has 0 radical (unpaired) electrons. The number of carbonyl (C=O) groups is 1. The molecule has 0 saturated carbocycles. The van der Waals surface area contributed by atoms with Crippen LogP contribution in [0.1, 0.15) is 36.8 Å². The van der Waals surface area contributed by atoms with E-state index in [4.69, 9.17) is 11.6 Å². The van der Waals surface area contributed by atoms with Gasteiger partial charge in [0, 0.05) is 16.2 Å². The van der Waals surface area contributed by atoms with Crippen molar-refractivity contribution in [2.45, 2.75) is 33.2 Å². The second-order valence-corrected chi connectivity index (χ2v) is 6.44. The molecular formula is C16H19ClN4O. The van der Waals surface area contributed by atoms with Crippen molar-refractivity contribution >= 4 is 29.0 Å². The van der Waals surface area contributed by atoms with Crippen LogP contribution in [0.2, 0.25) is 5.02 Å². The normalized spacial score (nSPS) is 11.1. The summed E-state index contributed by atoms with van der Waals surface area (Å²) in [6.07, 6.45) is 2.99. The second kappa shape index (κ2) is 6.32. The van der Waals surface area contributed by atoms with E-state index in [0.717, 1.165) is 5.56 Å². The quantitative estimate of drug-likeness (QED) is 0.900. The van der Waals surface area contributed by atoms with Gasteiger partial charge in [-0.3, -0.25) is 4.79 Å². The van der Waals surface area contributed by atoms with Crippen LogP contribution in [-0.4, -0.2) is 21.4 Å². The summed E-state index contributed by atoms with van der Waals surface area (Å²) in [7, 11) is 0. The number of hydrogen-bond acceptors (Lipinski definition) is 4. The maximum absolute atomic E-state index is 12.2. The Kier molecular flexibility index (Phi) is 4.66. The smallest absolute Gasteiger partial charge is 0.275 e. The molecule has 0 atom stereocenters. The number of aromatic nitrogens is 2. The molecule has 2 rings (SSSR count). The number of hydrogen-bond donors (Lipinski definition) is 2. The number of benzene rings is 1. The molecule has 1 amide bonds. The van der Waals surface area contributed by atoms with Crippen LogP contribution in [-0.2, 0) is 0 Å². The van der Waals surface area contributed by atoms with E-state index in [9.17, 15) is 4.79 Å². The molecular weight excluding hydrogens is 300 g/mol. The first-order chi connectivity index (χ1) is 10.3. The molecule has 0 saturated heterocycles. The Morgan fingerprint density at radius 1 is 1.18 bits per heavy atom. The topological polar surface area (TPSA) is 66.9 Å². The van der Waals surface area contributed by atoms with Crippen LogP contribution in [0.15, 0.2) is 30.6 Å². The third-order valence-corrected chi connectivity index (χ3v) is 3.31. The van der Waals surface area contributed by atoms with E-state index in [2.05, 4.69) is 20.6 Å². The summed E-state index contributed by atoms with van der Waals surface area (Å²) < 4.78 is 0. The van der Waals surface area contributed by atoms with Crippen molar-refractivity contribution in [3.05, 3.63) is 46.9 Å². The number of anilines is 2. The van der Waals surface area contributed by atoms with Gasteiger partial charge in [0.25, 0.3) is 5.91 Å². The zero-order valence-electron chi connectivity index (χ0n) is 13.1.